The average molecular weight is 1140 g/mol. The van der Waals surface area contributed by atoms with E-state index in [0.29, 0.717) is 58.3 Å². The Bertz CT molecular complexity index is 4610. The molecule has 7 aromatic carbocycles. The summed E-state index contributed by atoms with van der Waals surface area (Å²) < 4.78 is 18.3. The van der Waals surface area contributed by atoms with Gasteiger partial charge in [-0.05, 0) is 116 Å². The molecule has 8 aromatic rings. The lowest BCUT2D eigenvalue weighted by molar-refractivity contribution is -0.140. The van der Waals surface area contributed by atoms with Crippen LogP contribution in [0.1, 0.15) is 52.0 Å². The van der Waals surface area contributed by atoms with Gasteiger partial charge in [0.15, 0.2) is 0 Å². The molecule has 0 bridgehead atoms. The number of benzene rings is 7. The third-order valence-electron chi connectivity index (χ3n) is 15.8. The molecular formula is C77H58N4O6. The normalized spacial score (nSPS) is 17.7. The lowest BCUT2D eigenvalue weighted by Gasteiger charge is -2.15. The van der Waals surface area contributed by atoms with Crippen LogP contribution in [0, 0.1) is 0 Å². The Balaban J connectivity index is 1.02. The molecule has 0 radical (unpaired) electrons. The molecule has 10 nitrogen and oxygen atoms in total. The Morgan fingerprint density at radius 2 is 1.09 bits per heavy atom. The second-order valence-electron chi connectivity index (χ2n) is 21.5. The van der Waals surface area contributed by atoms with Crippen molar-refractivity contribution < 1.29 is 28.6 Å². The molecule has 0 amide bonds. The van der Waals surface area contributed by atoms with E-state index in [9.17, 15) is 4.79 Å². The Morgan fingerprint density at radius 1 is 0.563 bits per heavy atom. The van der Waals surface area contributed by atoms with E-state index in [4.69, 9.17) is 24.2 Å². The number of carbonyl (C=O) groups excluding carboxylic acids is 3. The SMILES string of the molecule is C=CC1=C(/C=C2/C=CC=CC2)/C(=C(\C(=O)OCc2ccccc2)C2=N/C(=C\c3[nH]c(/C(C(=O)OCc4ccccc4)=C4\N=CC(/C=C/C(=O)OCc5ccccc5)=C4/C=C4/C=CC=CC4)c4cc5ccccc5cc34)c3cc4ccccc4cc32)NC1. The fourth-order valence-electron chi connectivity index (χ4n) is 11.4. The molecule has 1 aromatic heterocycles. The highest BCUT2D eigenvalue weighted by Crippen LogP contribution is 2.43. The van der Waals surface area contributed by atoms with Gasteiger partial charge in [0, 0.05) is 63.1 Å². The highest BCUT2D eigenvalue weighted by atomic mass is 16.5. The molecule has 5 aliphatic rings. The van der Waals surface area contributed by atoms with Crippen LogP contribution < -0.4 is 5.32 Å². The first-order chi connectivity index (χ1) is 42.8. The van der Waals surface area contributed by atoms with Crippen molar-refractivity contribution in [3.05, 3.63) is 339 Å². The molecule has 87 heavy (non-hydrogen) atoms. The van der Waals surface area contributed by atoms with E-state index in [1.807, 2.05) is 170 Å². The number of fused-ring (bicyclic) bond motifs is 4. The van der Waals surface area contributed by atoms with E-state index in [-0.39, 0.29) is 31.0 Å². The summed E-state index contributed by atoms with van der Waals surface area (Å²) in [7, 11) is 0. The Morgan fingerprint density at radius 3 is 1.67 bits per heavy atom. The first-order valence-corrected chi connectivity index (χ1v) is 29.0. The molecule has 0 atom stereocenters. The first-order valence-electron chi connectivity index (χ1n) is 29.0. The summed E-state index contributed by atoms with van der Waals surface area (Å²) in [6, 6.07) is 53.4. The van der Waals surface area contributed by atoms with E-state index in [1.54, 1.807) is 12.3 Å². The quantitative estimate of drug-likeness (QED) is 0.0559. The molecular weight excluding hydrogens is 1080 g/mol. The number of H-pyrrole nitrogens is 1. The first kappa shape index (κ1) is 55.0. The van der Waals surface area contributed by atoms with Crippen LogP contribution in [0.3, 0.4) is 0 Å². The minimum Gasteiger partial charge on any atom is -0.458 e. The third-order valence-corrected chi connectivity index (χ3v) is 15.8. The molecule has 2 N–H and O–H groups in total. The minimum atomic E-state index is -0.617. The van der Waals surface area contributed by atoms with Gasteiger partial charge in [-0.25, -0.2) is 19.4 Å². The summed E-state index contributed by atoms with van der Waals surface area (Å²) in [5, 5.41) is 8.99. The lowest BCUT2D eigenvalue weighted by Crippen LogP contribution is -2.23. The van der Waals surface area contributed by atoms with E-state index in [2.05, 4.69) is 83.6 Å². The summed E-state index contributed by atoms with van der Waals surface area (Å²) in [5.41, 5.74) is 12.6. The van der Waals surface area contributed by atoms with Crippen molar-refractivity contribution >= 4 is 79.5 Å². The highest BCUT2D eigenvalue weighted by molar-refractivity contribution is 6.33. The van der Waals surface area contributed by atoms with Crippen LogP contribution in [0.4, 0.5) is 0 Å². The van der Waals surface area contributed by atoms with Gasteiger partial charge in [0.25, 0.3) is 0 Å². The van der Waals surface area contributed by atoms with Crippen molar-refractivity contribution in [3.63, 3.8) is 0 Å². The van der Waals surface area contributed by atoms with Gasteiger partial charge in [-0.2, -0.15) is 0 Å². The number of allylic oxidation sites excluding steroid dienone is 14. The second-order valence-corrected chi connectivity index (χ2v) is 21.5. The smallest absolute Gasteiger partial charge is 0.342 e. The number of rotatable bonds is 16. The third kappa shape index (κ3) is 11.9. The molecule has 422 valence electrons. The molecule has 0 spiro atoms. The van der Waals surface area contributed by atoms with E-state index < -0.39 is 17.9 Å². The van der Waals surface area contributed by atoms with Crippen molar-refractivity contribution in [1.82, 2.24) is 10.3 Å². The van der Waals surface area contributed by atoms with Gasteiger partial charge >= 0.3 is 17.9 Å². The van der Waals surface area contributed by atoms with Gasteiger partial charge in [-0.1, -0.05) is 201 Å². The number of aromatic amines is 1. The minimum absolute atomic E-state index is 0.00884. The van der Waals surface area contributed by atoms with Crippen molar-refractivity contribution in [2.75, 3.05) is 6.54 Å². The van der Waals surface area contributed by atoms with Crippen molar-refractivity contribution in [2.45, 2.75) is 32.7 Å². The molecule has 3 aliphatic heterocycles. The second kappa shape index (κ2) is 24.9. The van der Waals surface area contributed by atoms with Crippen LogP contribution >= 0.6 is 0 Å². The Hall–Kier alpha value is -11.2. The Kier molecular flexibility index (Phi) is 15.8. The van der Waals surface area contributed by atoms with Gasteiger partial charge < -0.3 is 24.5 Å². The highest BCUT2D eigenvalue weighted by Gasteiger charge is 2.35. The number of aromatic nitrogens is 1. The predicted octanol–water partition coefficient (Wildman–Crippen LogP) is 15.9. The molecule has 0 saturated carbocycles. The number of nitrogens with zero attached hydrogens (tertiary/aromatic N) is 2. The van der Waals surface area contributed by atoms with Crippen molar-refractivity contribution in [2.24, 2.45) is 9.98 Å². The monoisotopic (exact) mass is 1130 g/mol. The molecule has 0 fully saturated rings. The topological polar surface area (TPSA) is 131 Å². The molecule has 4 heterocycles. The van der Waals surface area contributed by atoms with Crippen molar-refractivity contribution in [1.29, 1.82) is 0 Å². The zero-order valence-electron chi connectivity index (χ0n) is 47.5. The Labute approximate surface area is 504 Å². The largest absolute Gasteiger partial charge is 0.458 e. The van der Waals surface area contributed by atoms with Gasteiger partial charge in [0.2, 0.25) is 0 Å². The zero-order chi connectivity index (χ0) is 59.1. The standard InChI is InChI=1S/C77H58N4O6/c1-2-55-45-78-72(61(55)38-50-22-8-3-9-23-50)70(76(83)86-48-53-28-14-6-15-29-53)74-65-42-58-34-20-18-32-56(58)40-63(65)67(80-74)44-68-64-41-57-33-19-21-35-59(57)43-66(64)75(81-68)71(77(84)87-49-54-30-16-7-17-31-54)73-62(39-51-24-10-4-11-25-51)60(46-79-73)36-37-69(82)85-47-52-26-12-5-13-27-52/h2-22,24,26-44,46,78,81H,1,23,25,45,47-49H2/b37-36+,50-38-,51-39-,67-44-,72-70+,73-71+. The summed E-state index contributed by atoms with van der Waals surface area (Å²) in [6.45, 7) is 4.78. The number of hydrogen-bond donors (Lipinski definition) is 2. The summed E-state index contributed by atoms with van der Waals surface area (Å²) in [4.78, 5) is 58.5. The van der Waals surface area contributed by atoms with Crippen LogP contribution in [0.2, 0.25) is 0 Å². The van der Waals surface area contributed by atoms with E-state index in [0.717, 1.165) is 88.8 Å². The van der Waals surface area contributed by atoms with Crippen molar-refractivity contribution in [3.8, 4) is 0 Å². The average Bonchev–Trinajstić information content (AvgIpc) is 1.67. The predicted molar refractivity (Wildman–Crippen MR) is 349 cm³/mol. The summed E-state index contributed by atoms with van der Waals surface area (Å²) >= 11 is 0. The zero-order valence-corrected chi connectivity index (χ0v) is 47.5. The van der Waals surface area contributed by atoms with Gasteiger partial charge in [-0.15, -0.1) is 0 Å². The summed E-state index contributed by atoms with van der Waals surface area (Å²) in [6.07, 6.45) is 30.3. The van der Waals surface area contributed by atoms with E-state index in [1.165, 1.54) is 6.08 Å². The molecule has 0 saturated heterocycles. The van der Waals surface area contributed by atoms with Crippen LogP contribution in [0.25, 0.3) is 49.7 Å². The maximum absolute atomic E-state index is 15.5. The number of carbonyl (C=O) groups is 3. The number of ether oxygens (including phenoxy) is 3. The van der Waals surface area contributed by atoms with Gasteiger partial charge in [-0.3, -0.25) is 4.99 Å². The van der Waals surface area contributed by atoms with Crippen LogP contribution in [0.5, 0.6) is 0 Å². The fourth-order valence-corrected chi connectivity index (χ4v) is 11.4. The van der Waals surface area contributed by atoms with Crippen LogP contribution in [-0.4, -0.2) is 41.4 Å². The number of esters is 3. The van der Waals surface area contributed by atoms with Gasteiger partial charge in [0.1, 0.15) is 31.0 Å². The number of aliphatic imine (C=N–C) groups is 2. The maximum Gasteiger partial charge on any atom is 0.342 e. The molecule has 2 aliphatic carbocycles. The van der Waals surface area contributed by atoms with Gasteiger partial charge in [0.05, 0.1) is 28.5 Å². The van der Waals surface area contributed by atoms with Crippen LogP contribution in [-0.2, 0) is 48.4 Å². The fraction of sp³-hybridized carbons (Fsp3) is 0.0779. The molecule has 10 heteroatoms. The summed E-state index contributed by atoms with van der Waals surface area (Å²) in [5.74, 6) is -1.69. The maximum atomic E-state index is 15.5. The molecule has 13 rings (SSSR count). The number of hydrogen-bond acceptors (Lipinski definition) is 9. The molecule has 0 unspecified atom stereocenters. The number of nitrogens with one attached hydrogen (secondary N) is 2. The lowest BCUT2D eigenvalue weighted by atomic mass is 9.92. The van der Waals surface area contributed by atoms with E-state index >= 15 is 9.59 Å². The van der Waals surface area contributed by atoms with Crippen LogP contribution in [0.15, 0.2) is 310 Å².